The lowest BCUT2D eigenvalue weighted by Crippen LogP contribution is -2.13. The van der Waals surface area contributed by atoms with Gasteiger partial charge in [-0.25, -0.2) is 13.6 Å². The summed E-state index contributed by atoms with van der Waals surface area (Å²) >= 11 is 0. The van der Waals surface area contributed by atoms with Crippen LogP contribution in [0.2, 0.25) is 0 Å². The van der Waals surface area contributed by atoms with Crippen molar-refractivity contribution in [2.45, 2.75) is 18.4 Å². The monoisotopic (exact) mass is 307 g/mol. The van der Waals surface area contributed by atoms with Crippen LogP contribution in [-0.2, 0) is 21.4 Å². The smallest absolute Gasteiger partial charge is 0.238 e. The van der Waals surface area contributed by atoms with Gasteiger partial charge in [-0.2, -0.15) is 0 Å². The Morgan fingerprint density at radius 2 is 1.81 bits per heavy atom. The predicted octanol–water partition coefficient (Wildman–Crippen LogP) is 2.58. The number of nitrogens with two attached hydrogens (primary N) is 1. The molecule has 0 atom stereocenters. The molecule has 5 nitrogen and oxygen atoms in total. The first-order valence-corrected chi connectivity index (χ1v) is 7.84. The van der Waals surface area contributed by atoms with Crippen LogP contribution in [0.5, 0.6) is 11.5 Å². The fraction of sp³-hybridized carbons (Fsp3) is 0.200. The van der Waals surface area contributed by atoms with Gasteiger partial charge in [0.2, 0.25) is 10.0 Å². The summed E-state index contributed by atoms with van der Waals surface area (Å²) in [5, 5.41) is 5.13. The molecule has 0 heterocycles. The van der Waals surface area contributed by atoms with E-state index < -0.39 is 10.0 Å². The molecule has 2 rings (SSSR count). The average molecular weight is 307 g/mol. The zero-order chi connectivity index (χ0) is 15.5. The second-order valence-electron chi connectivity index (χ2n) is 4.65. The molecule has 0 saturated heterocycles. The third kappa shape index (κ3) is 4.04. The first kappa shape index (κ1) is 15.5. The normalized spacial score (nSPS) is 11.4. The first-order valence-electron chi connectivity index (χ1n) is 6.29. The van der Waals surface area contributed by atoms with Gasteiger partial charge in [-0.1, -0.05) is 12.1 Å². The van der Waals surface area contributed by atoms with Crippen LogP contribution in [0.3, 0.4) is 0 Å². The number of methoxy groups -OCH3 is 1. The molecule has 2 aromatic carbocycles. The van der Waals surface area contributed by atoms with Crippen LogP contribution in [0.25, 0.3) is 0 Å². The molecule has 21 heavy (non-hydrogen) atoms. The minimum absolute atomic E-state index is 0.1000. The molecule has 0 radical (unpaired) electrons. The van der Waals surface area contributed by atoms with E-state index >= 15 is 0 Å². The molecule has 0 aliphatic rings. The molecule has 0 fully saturated rings. The van der Waals surface area contributed by atoms with Crippen molar-refractivity contribution in [3.63, 3.8) is 0 Å². The van der Waals surface area contributed by atoms with Crippen LogP contribution < -0.4 is 9.88 Å². The Morgan fingerprint density at radius 3 is 2.43 bits per heavy atom. The fourth-order valence-corrected chi connectivity index (χ4v) is 2.77. The summed E-state index contributed by atoms with van der Waals surface area (Å²) in [6.45, 7) is 2.18. The Hall–Kier alpha value is -1.89. The topological polar surface area (TPSA) is 78.6 Å². The number of hydrogen-bond acceptors (Lipinski definition) is 4. The Morgan fingerprint density at radius 1 is 1.10 bits per heavy atom. The minimum Gasteiger partial charge on any atom is -0.457 e. The summed E-state index contributed by atoms with van der Waals surface area (Å²) in [6, 6.07) is 12.2. The summed E-state index contributed by atoms with van der Waals surface area (Å²) in [6.07, 6.45) is 0. The van der Waals surface area contributed by atoms with E-state index in [-0.39, 0.29) is 4.90 Å². The van der Waals surface area contributed by atoms with Gasteiger partial charge >= 0.3 is 0 Å². The molecular weight excluding hydrogens is 290 g/mol. The highest BCUT2D eigenvalue weighted by Gasteiger charge is 2.12. The SMILES string of the molecule is COCc1cccc(Oc2ccc(S(N)(=O)=O)c(C)c2)c1. The van der Waals surface area contributed by atoms with Gasteiger partial charge in [-0.3, -0.25) is 0 Å². The van der Waals surface area contributed by atoms with Crippen LogP contribution in [0.1, 0.15) is 11.1 Å². The molecule has 0 aliphatic carbocycles. The van der Waals surface area contributed by atoms with E-state index in [1.54, 1.807) is 26.2 Å². The summed E-state index contributed by atoms with van der Waals surface area (Å²) in [4.78, 5) is 0.1000. The van der Waals surface area contributed by atoms with Crippen LogP contribution in [-0.4, -0.2) is 15.5 Å². The van der Waals surface area contributed by atoms with Crippen LogP contribution in [0, 0.1) is 6.92 Å². The number of ether oxygens (including phenoxy) is 2. The highest BCUT2D eigenvalue weighted by molar-refractivity contribution is 7.89. The second-order valence-corrected chi connectivity index (χ2v) is 6.18. The molecular formula is C15H17NO4S. The molecule has 6 heteroatoms. The maximum atomic E-state index is 11.4. The number of benzene rings is 2. The van der Waals surface area contributed by atoms with Crippen molar-refractivity contribution in [3.05, 3.63) is 53.6 Å². The number of sulfonamides is 1. The van der Waals surface area contributed by atoms with Gasteiger partial charge < -0.3 is 9.47 Å². The number of hydrogen-bond donors (Lipinski definition) is 1. The standard InChI is InChI=1S/C15H17NO4S/c1-11-8-14(6-7-15(11)21(16,17)18)20-13-5-3-4-12(9-13)10-19-2/h3-9H,10H2,1-2H3,(H2,16,17,18). The van der Waals surface area contributed by atoms with E-state index in [1.807, 2.05) is 24.3 Å². The average Bonchev–Trinajstić information content (AvgIpc) is 2.38. The van der Waals surface area contributed by atoms with Crippen molar-refractivity contribution >= 4 is 10.0 Å². The third-order valence-corrected chi connectivity index (χ3v) is 3.97. The lowest BCUT2D eigenvalue weighted by atomic mass is 10.2. The minimum atomic E-state index is -3.71. The van der Waals surface area contributed by atoms with Gasteiger partial charge in [-0.05, 0) is 48.4 Å². The Balaban J connectivity index is 2.24. The van der Waals surface area contributed by atoms with E-state index in [9.17, 15) is 8.42 Å². The van der Waals surface area contributed by atoms with Gasteiger partial charge in [0.1, 0.15) is 11.5 Å². The van der Waals surface area contributed by atoms with Crippen molar-refractivity contribution in [2.75, 3.05) is 7.11 Å². The van der Waals surface area contributed by atoms with Crippen LogP contribution >= 0.6 is 0 Å². The molecule has 0 unspecified atom stereocenters. The Kier molecular flexibility index (Phi) is 4.62. The molecule has 0 saturated carbocycles. The van der Waals surface area contributed by atoms with Gasteiger partial charge in [0.05, 0.1) is 11.5 Å². The lowest BCUT2D eigenvalue weighted by molar-refractivity contribution is 0.184. The molecule has 0 spiro atoms. The van der Waals surface area contributed by atoms with Crippen molar-refractivity contribution < 1.29 is 17.9 Å². The largest absolute Gasteiger partial charge is 0.457 e. The molecule has 0 aromatic heterocycles. The maximum Gasteiger partial charge on any atom is 0.238 e. The van der Waals surface area contributed by atoms with Gasteiger partial charge in [-0.15, -0.1) is 0 Å². The highest BCUT2D eigenvalue weighted by atomic mass is 32.2. The third-order valence-electron chi connectivity index (χ3n) is 2.90. The molecule has 112 valence electrons. The Bertz CT molecular complexity index is 741. The summed E-state index contributed by atoms with van der Waals surface area (Å²) in [7, 11) is -2.08. The summed E-state index contributed by atoms with van der Waals surface area (Å²) < 4.78 is 33.5. The molecule has 0 bridgehead atoms. The predicted molar refractivity (Wildman–Crippen MR) is 79.8 cm³/mol. The summed E-state index contributed by atoms with van der Waals surface area (Å²) in [5.74, 6) is 1.21. The lowest BCUT2D eigenvalue weighted by Gasteiger charge is -2.10. The van der Waals surface area contributed by atoms with Crippen molar-refractivity contribution in [3.8, 4) is 11.5 Å². The van der Waals surface area contributed by atoms with E-state index in [0.29, 0.717) is 23.7 Å². The fourth-order valence-electron chi connectivity index (χ4n) is 2.01. The van der Waals surface area contributed by atoms with E-state index in [1.165, 1.54) is 6.07 Å². The number of rotatable bonds is 5. The van der Waals surface area contributed by atoms with Crippen molar-refractivity contribution in [1.29, 1.82) is 0 Å². The maximum absolute atomic E-state index is 11.4. The van der Waals surface area contributed by atoms with Gasteiger partial charge in [0.25, 0.3) is 0 Å². The molecule has 0 amide bonds. The zero-order valence-corrected chi connectivity index (χ0v) is 12.7. The molecule has 0 aliphatic heterocycles. The molecule has 2 aromatic rings. The van der Waals surface area contributed by atoms with Gasteiger partial charge in [0.15, 0.2) is 0 Å². The summed E-state index contributed by atoms with van der Waals surface area (Å²) in [5.41, 5.74) is 1.54. The zero-order valence-electron chi connectivity index (χ0n) is 11.9. The van der Waals surface area contributed by atoms with Gasteiger partial charge in [0, 0.05) is 7.11 Å². The van der Waals surface area contributed by atoms with E-state index in [4.69, 9.17) is 14.6 Å². The van der Waals surface area contributed by atoms with E-state index in [0.717, 1.165) is 5.56 Å². The van der Waals surface area contributed by atoms with Crippen molar-refractivity contribution in [2.24, 2.45) is 5.14 Å². The second kappa shape index (κ2) is 6.26. The highest BCUT2D eigenvalue weighted by Crippen LogP contribution is 2.26. The number of aryl methyl sites for hydroxylation is 1. The van der Waals surface area contributed by atoms with Crippen LogP contribution in [0.4, 0.5) is 0 Å². The first-order chi connectivity index (χ1) is 9.90. The Labute approximate surface area is 124 Å². The number of primary sulfonamides is 1. The molecule has 2 N–H and O–H groups in total. The van der Waals surface area contributed by atoms with Crippen molar-refractivity contribution in [1.82, 2.24) is 0 Å². The quantitative estimate of drug-likeness (QED) is 0.921. The van der Waals surface area contributed by atoms with E-state index in [2.05, 4.69) is 0 Å². The van der Waals surface area contributed by atoms with Crippen LogP contribution in [0.15, 0.2) is 47.4 Å².